The van der Waals surface area contributed by atoms with E-state index in [1.807, 2.05) is 36.5 Å². The molecule has 3 aromatic rings. The van der Waals surface area contributed by atoms with Crippen molar-refractivity contribution in [2.24, 2.45) is 0 Å². The van der Waals surface area contributed by atoms with E-state index >= 15 is 0 Å². The molecule has 8 heteroatoms. The number of hydrogen-bond donors (Lipinski definition) is 2. The molecular weight excluding hydrogens is 357 g/mol. The summed E-state index contributed by atoms with van der Waals surface area (Å²) in [6.07, 6.45) is -0.857. The first-order valence-corrected chi connectivity index (χ1v) is 8.22. The zero-order valence-corrected chi connectivity index (χ0v) is 14.2. The first-order chi connectivity index (χ1) is 12.9. The van der Waals surface area contributed by atoms with E-state index in [1.165, 1.54) is 12.1 Å². The van der Waals surface area contributed by atoms with Crippen LogP contribution in [0.5, 0.6) is 0 Å². The van der Waals surface area contributed by atoms with E-state index in [4.69, 9.17) is 0 Å². The molecule has 0 radical (unpaired) electrons. The van der Waals surface area contributed by atoms with Gasteiger partial charge in [-0.2, -0.15) is 18.3 Å². The Labute approximate surface area is 153 Å². The molecule has 2 N–H and O–H groups in total. The van der Waals surface area contributed by atoms with Crippen molar-refractivity contribution in [3.8, 4) is 11.1 Å². The molecule has 2 amide bonds. The van der Waals surface area contributed by atoms with Crippen molar-refractivity contribution in [1.29, 1.82) is 0 Å². The molecule has 0 spiro atoms. The minimum Gasteiger partial charge on any atom is -0.336 e. The standard InChI is InChI=1S/C19H17F3N4O/c20-19(21,22)16-7-4-8-17(11-16)25-18(27)23-9-10-26-13-15(12-24-26)14-5-2-1-3-6-14/h1-8,11-13H,9-10H2,(H2,23,25,27). The number of urea groups is 1. The Balaban J connectivity index is 1.50. The summed E-state index contributed by atoms with van der Waals surface area (Å²) in [6, 6.07) is 13.7. The number of aromatic nitrogens is 2. The van der Waals surface area contributed by atoms with Crippen molar-refractivity contribution in [2.75, 3.05) is 11.9 Å². The molecule has 3 rings (SSSR count). The van der Waals surface area contributed by atoms with Gasteiger partial charge in [0.15, 0.2) is 0 Å². The molecule has 0 bridgehead atoms. The second-order valence-electron chi connectivity index (χ2n) is 5.82. The highest BCUT2D eigenvalue weighted by Crippen LogP contribution is 2.30. The summed E-state index contributed by atoms with van der Waals surface area (Å²) in [4.78, 5) is 11.9. The van der Waals surface area contributed by atoms with Crippen LogP contribution >= 0.6 is 0 Å². The van der Waals surface area contributed by atoms with E-state index < -0.39 is 17.8 Å². The molecule has 1 aromatic heterocycles. The molecule has 0 saturated carbocycles. The zero-order valence-electron chi connectivity index (χ0n) is 14.2. The summed E-state index contributed by atoms with van der Waals surface area (Å²) in [5.74, 6) is 0. The molecule has 0 fully saturated rings. The van der Waals surface area contributed by atoms with Crippen molar-refractivity contribution < 1.29 is 18.0 Å². The quantitative estimate of drug-likeness (QED) is 0.696. The number of amides is 2. The fourth-order valence-corrected chi connectivity index (χ4v) is 2.50. The molecule has 0 saturated heterocycles. The molecule has 0 unspecified atom stereocenters. The number of rotatable bonds is 5. The molecule has 140 valence electrons. The first-order valence-electron chi connectivity index (χ1n) is 8.22. The number of benzene rings is 2. The van der Waals surface area contributed by atoms with Crippen LogP contribution in [0.1, 0.15) is 5.56 Å². The normalized spacial score (nSPS) is 11.2. The summed E-state index contributed by atoms with van der Waals surface area (Å²) in [5, 5.41) is 9.22. The SMILES string of the molecule is O=C(NCCn1cc(-c2ccccc2)cn1)Nc1cccc(C(F)(F)F)c1. The van der Waals surface area contributed by atoms with Gasteiger partial charge in [0, 0.05) is 24.0 Å². The van der Waals surface area contributed by atoms with E-state index in [2.05, 4.69) is 15.7 Å². The number of halogens is 3. The van der Waals surface area contributed by atoms with Crippen molar-refractivity contribution in [3.05, 3.63) is 72.6 Å². The number of carbonyl (C=O) groups is 1. The van der Waals surface area contributed by atoms with Crippen LogP contribution in [0.3, 0.4) is 0 Å². The van der Waals surface area contributed by atoms with Gasteiger partial charge >= 0.3 is 12.2 Å². The number of anilines is 1. The van der Waals surface area contributed by atoms with Gasteiger partial charge in [-0.1, -0.05) is 36.4 Å². The number of carbonyl (C=O) groups excluding carboxylic acids is 1. The van der Waals surface area contributed by atoms with Crippen LogP contribution in [0.2, 0.25) is 0 Å². The minimum absolute atomic E-state index is 0.0766. The fraction of sp³-hybridized carbons (Fsp3) is 0.158. The van der Waals surface area contributed by atoms with E-state index in [0.717, 1.165) is 23.3 Å². The third-order valence-corrected chi connectivity index (χ3v) is 3.81. The van der Waals surface area contributed by atoms with Crippen molar-refractivity contribution >= 4 is 11.7 Å². The smallest absolute Gasteiger partial charge is 0.336 e. The molecule has 0 aliphatic rings. The van der Waals surface area contributed by atoms with Gasteiger partial charge in [-0.25, -0.2) is 4.79 Å². The van der Waals surface area contributed by atoms with Gasteiger partial charge in [-0.05, 0) is 23.8 Å². The van der Waals surface area contributed by atoms with Gasteiger partial charge in [-0.15, -0.1) is 0 Å². The molecule has 2 aromatic carbocycles. The van der Waals surface area contributed by atoms with E-state index in [1.54, 1.807) is 10.9 Å². The second-order valence-corrected chi connectivity index (χ2v) is 5.82. The highest BCUT2D eigenvalue weighted by Gasteiger charge is 2.30. The predicted octanol–water partition coefficient (Wildman–Crippen LogP) is 4.39. The third kappa shape index (κ3) is 5.10. The average Bonchev–Trinajstić information content (AvgIpc) is 3.11. The number of nitrogens with zero attached hydrogens (tertiary/aromatic N) is 2. The van der Waals surface area contributed by atoms with E-state index in [-0.39, 0.29) is 12.2 Å². The highest BCUT2D eigenvalue weighted by atomic mass is 19.4. The highest BCUT2D eigenvalue weighted by molar-refractivity contribution is 5.89. The maximum Gasteiger partial charge on any atom is 0.416 e. The second kappa shape index (κ2) is 7.94. The molecule has 0 atom stereocenters. The Morgan fingerprint density at radius 3 is 2.56 bits per heavy atom. The van der Waals surface area contributed by atoms with Gasteiger partial charge in [0.25, 0.3) is 0 Å². The molecule has 1 heterocycles. The maximum atomic E-state index is 12.7. The van der Waals surface area contributed by atoms with E-state index in [0.29, 0.717) is 6.54 Å². The maximum absolute atomic E-state index is 12.7. The van der Waals surface area contributed by atoms with Crippen LogP contribution in [-0.4, -0.2) is 22.4 Å². The van der Waals surface area contributed by atoms with Crippen LogP contribution in [-0.2, 0) is 12.7 Å². The minimum atomic E-state index is -4.45. The van der Waals surface area contributed by atoms with Gasteiger partial charge in [0.2, 0.25) is 0 Å². The van der Waals surface area contributed by atoms with Gasteiger partial charge in [0.1, 0.15) is 0 Å². The zero-order chi connectivity index (χ0) is 19.3. The van der Waals surface area contributed by atoms with Gasteiger partial charge in [0.05, 0.1) is 18.3 Å². The topological polar surface area (TPSA) is 59.0 Å². The average molecular weight is 374 g/mol. The summed E-state index contributed by atoms with van der Waals surface area (Å²) in [5.41, 5.74) is 1.26. The third-order valence-electron chi connectivity index (χ3n) is 3.81. The lowest BCUT2D eigenvalue weighted by atomic mass is 10.1. The lowest BCUT2D eigenvalue weighted by Crippen LogP contribution is -2.31. The summed E-state index contributed by atoms with van der Waals surface area (Å²) < 4.78 is 39.7. The van der Waals surface area contributed by atoms with Crippen molar-refractivity contribution in [2.45, 2.75) is 12.7 Å². The van der Waals surface area contributed by atoms with Crippen LogP contribution in [0.25, 0.3) is 11.1 Å². The van der Waals surface area contributed by atoms with Crippen LogP contribution < -0.4 is 10.6 Å². The lowest BCUT2D eigenvalue weighted by molar-refractivity contribution is -0.137. The monoisotopic (exact) mass is 374 g/mol. The lowest BCUT2D eigenvalue weighted by Gasteiger charge is -2.10. The molecule has 27 heavy (non-hydrogen) atoms. The Hall–Kier alpha value is -3.29. The molecular formula is C19H17F3N4O. The van der Waals surface area contributed by atoms with Crippen LogP contribution in [0.4, 0.5) is 23.7 Å². The first kappa shape index (κ1) is 18.5. The largest absolute Gasteiger partial charge is 0.416 e. The summed E-state index contributed by atoms with van der Waals surface area (Å²) in [6.45, 7) is 0.712. The Kier molecular flexibility index (Phi) is 5.44. The molecule has 5 nitrogen and oxygen atoms in total. The van der Waals surface area contributed by atoms with Crippen LogP contribution in [0, 0.1) is 0 Å². The van der Waals surface area contributed by atoms with Crippen molar-refractivity contribution in [3.63, 3.8) is 0 Å². The van der Waals surface area contributed by atoms with Gasteiger partial charge in [-0.3, -0.25) is 4.68 Å². The van der Waals surface area contributed by atoms with Crippen LogP contribution in [0.15, 0.2) is 67.0 Å². The Morgan fingerprint density at radius 2 is 1.81 bits per heavy atom. The summed E-state index contributed by atoms with van der Waals surface area (Å²) in [7, 11) is 0. The predicted molar refractivity (Wildman–Crippen MR) is 96.1 cm³/mol. The van der Waals surface area contributed by atoms with Crippen molar-refractivity contribution in [1.82, 2.24) is 15.1 Å². The summed E-state index contributed by atoms with van der Waals surface area (Å²) >= 11 is 0. The number of hydrogen-bond acceptors (Lipinski definition) is 2. The Bertz CT molecular complexity index is 907. The molecule has 0 aliphatic carbocycles. The van der Waals surface area contributed by atoms with Gasteiger partial charge < -0.3 is 10.6 Å². The number of nitrogens with one attached hydrogen (secondary N) is 2. The van der Waals surface area contributed by atoms with E-state index in [9.17, 15) is 18.0 Å². The number of alkyl halides is 3. The fourth-order valence-electron chi connectivity index (χ4n) is 2.50. The molecule has 0 aliphatic heterocycles. The Morgan fingerprint density at radius 1 is 1.04 bits per heavy atom.